The highest BCUT2D eigenvalue weighted by atomic mass is 35.5. The van der Waals surface area contributed by atoms with E-state index in [1.807, 2.05) is 60.7 Å². The second kappa shape index (κ2) is 22.2. The maximum atomic E-state index is 11.5. The van der Waals surface area contributed by atoms with E-state index in [4.69, 9.17) is 10.9 Å². The fourth-order valence-electron chi connectivity index (χ4n) is 2.43. The van der Waals surface area contributed by atoms with Gasteiger partial charge in [-0.25, -0.2) is 4.68 Å². The number of aryl methyl sites for hydroxylation is 1. The van der Waals surface area contributed by atoms with Crippen molar-refractivity contribution in [2.45, 2.75) is 40.8 Å². The molecule has 0 aliphatic rings. The maximum absolute atomic E-state index is 11.5. The third-order valence-corrected chi connectivity index (χ3v) is 4.21. The molecule has 2 aromatic carbocycles. The van der Waals surface area contributed by atoms with Crippen LogP contribution >= 0.6 is 12.4 Å². The number of aliphatic hydroxyl groups is 1. The smallest absolute Gasteiger partial charge is 0.315 e. The van der Waals surface area contributed by atoms with E-state index < -0.39 is 11.9 Å². The number of hydrogen-bond donors (Lipinski definition) is 4. The molecule has 0 fully saturated rings. The van der Waals surface area contributed by atoms with Gasteiger partial charge in [-0.05, 0) is 38.8 Å². The predicted molar refractivity (Wildman–Crippen MR) is 145 cm³/mol. The van der Waals surface area contributed by atoms with Crippen molar-refractivity contribution in [1.82, 2.24) is 15.2 Å². The number of rotatable bonds is 7. The summed E-state index contributed by atoms with van der Waals surface area (Å²) in [6, 6.07) is 19.9. The number of ether oxygens (including phenoxy) is 1. The van der Waals surface area contributed by atoms with Gasteiger partial charge in [-0.3, -0.25) is 20.9 Å². The summed E-state index contributed by atoms with van der Waals surface area (Å²) in [6.45, 7) is 8.62. The second-order valence-electron chi connectivity index (χ2n) is 7.19. The molecule has 0 saturated carbocycles. The van der Waals surface area contributed by atoms with Crippen LogP contribution in [0, 0.1) is 12.8 Å². The van der Waals surface area contributed by atoms with Crippen LogP contribution in [0.5, 0.6) is 0 Å². The van der Waals surface area contributed by atoms with Crippen molar-refractivity contribution in [3.8, 4) is 0 Å². The third-order valence-electron chi connectivity index (χ3n) is 4.21. The molecule has 200 valence electrons. The van der Waals surface area contributed by atoms with Crippen molar-refractivity contribution in [3.05, 3.63) is 93.9 Å². The van der Waals surface area contributed by atoms with Crippen LogP contribution in [-0.2, 0) is 27.4 Å². The molecule has 10 heteroatoms. The monoisotopic (exact) mass is 522 g/mol. The molecular formula is C26H39ClN4O5. The van der Waals surface area contributed by atoms with Gasteiger partial charge < -0.3 is 19.7 Å². The Hall–Kier alpha value is -3.24. The molecule has 0 bridgehead atoms. The van der Waals surface area contributed by atoms with Gasteiger partial charge >= 0.3 is 5.97 Å². The average molecular weight is 523 g/mol. The number of benzene rings is 2. The van der Waals surface area contributed by atoms with Gasteiger partial charge in [-0.1, -0.05) is 60.7 Å². The maximum Gasteiger partial charge on any atom is 0.315 e. The lowest BCUT2D eigenvalue weighted by atomic mass is 10.2. The van der Waals surface area contributed by atoms with Gasteiger partial charge in [0.05, 0.1) is 13.2 Å². The number of nitrogens with zero attached hydrogens (tertiary/aromatic N) is 1. The summed E-state index contributed by atoms with van der Waals surface area (Å²) in [4.78, 5) is 31.9. The number of nitrogens with one attached hydrogen (secondary N) is 2. The molecule has 1 atom stereocenters. The predicted octanol–water partition coefficient (Wildman–Crippen LogP) is 2.99. The minimum atomic E-state index is -0.620. The molecule has 5 N–H and O–H groups in total. The first kappa shape index (κ1) is 34.9. The molecule has 0 saturated heterocycles. The number of H-pyrrole nitrogens is 1. The van der Waals surface area contributed by atoms with Crippen molar-refractivity contribution >= 4 is 24.7 Å². The number of carbonyl (C=O) groups excluding carboxylic acids is 2. The number of carbonyl (C=O) groups is 2. The fraction of sp³-hybridized carbons (Fsp3) is 0.346. The minimum absolute atomic E-state index is 0. The first-order chi connectivity index (χ1) is 16.8. The van der Waals surface area contributed by atoms with Gasteiger partial charge in [0, 0.05) is 24.9 Å². The summed E-state index contributed by atoms with van der Waals surface area (Å²) >= 11 is 0. The van der Waals surface area contributed by atoms with E-state index in [-0.39, 0.29) is 24.6 Å². The molecule has 1 heterocycles. The molecular weight excluding hydrogens is 484 g/mol. The zero-order valence-corrected chi connectivity index (χ0v) is 22.2. The first-order valence-electron chi connectivity index (χ1n) is 11.3. The van der Waals surface area contributed by atoms with Crippen LogP contribution in [0.3, 0.4) is 0 Å². The Kier molecular flexibility index (Phi) is 21.6. The van der Waals surface area contributed by atoms with E-state index in [2.05, 4.69) is 15.3 Å². The molecule has 0 aliphatic carbocycles. The zero-order chi connectivity index (χ0) is 26.5. The van der Waals surface area contributed by atoms with Gasteiger partial charge in [-0.2, -0.15) is 0 Å². The number of aldehydes is 1. The van der Waals surface area contributed by atoms with E-state index in [1.54, 1.807) is 31.6 Å². The molecule has 3 aromatic rings. The summed E-state index contributed by atoms with van der Waals surface area (Å²) in [5.41, 5.74) is 5.71. The SMILES string of the molecule is CCO.CCOC(=O)C(C)C=O.Cc1c[nH]n(Cc2ccccc2)c1=O.Cl.NNCc1ccccc1. The standard InChI is InChI=1S/C11H12N2O.C7H10N2.C6H10O3.C2H6O.ClH/c1-9-7-12-13(11(9)14)8-10-5-3-2-4-6-10;8-9-6-7-4-2-1-3-5-7;1-3-9-6(8)5(2)4-7;1-2-3;/h2-7,12H,8H2,1H3;1-5,9H,6,8H2;4-5H,3H2,1-2H3;3H,2H2,1H3;1H. The number of aromatic amines is 1. The van der Waals surface area contributed by atoms with Crippen LogP contribution in [0.2, 0.25) is 0 Å². The summed E-state index contributed by atoms with van der Waals surface area (Å²) in [6.07, 6.45) is 2.29. The van der Waals surface area contributed by atoms with Gasteiger partial charge in [0.1, 0.15) is 12.2 Å². The Balaban J connectivity index is 0. The normalized spacial score (nSPS) is 9.94. The second-order valence-corrected chi connectivity index (χ2v) is 7.19. The van der Waals surface area contributed by atoms with E-state index in [0.717, 1.165) is 17.7 Å². The summed E-state index contributed by atoms with van der Waals surface area (Å²) in [5, 5.41) is 10.5. The first-order valence-corrected chi connectivity index (χ1v) is 11.3. The third kappa shape index (κ3) is 15.6. The molecule has 0 amide bonds. The highest BCUT2D eigenvalue weighted by molar-refractivity contribution is 5.87. The van der Waals surface area contributed by atoms with Gasteiger partial charge in [0.15, 0.2) is 0 Å². The Bertz CT molecular complexity index is 994. The minimum Gasteiger partial charge on any atom is -0.465 e. The highest BCUT2D eigenvalue weighted by Gasteiger charge is 2.10. The highest BCUT2D eigenvalue weighted by Crippen LogP contribution is 1.99. The lowest BCUT2D eigenvalue weighted by Crippen LogP contribution is -2.20. The number of hydrazine groups is 1. The lowest BCUT2D eigenvalue weighted by Gasteiger charge is -2.01. The van der Waals surface area contributed by atoms with Crippen molar-refractivity contribution < 1.29 is 19.4 Å². The molecule has 9 nitrogen and oxygen atoms in total. The van der Waals surface area contributed by atoms with E-state index in [9.17, 15) is 14.4 Å². The number of halogens is 1. The zero-order valence-electron chi connectivity index (χ0n) is 21.3. The van der Waals surface area contributed by atoms with Crippen LogP contribution in [0.1, 0.15) is 37.5 Å². The Morgan fingerprint density at radius 3 is 2.00 bits per heavy atom. The molecule has 1 unspecified atom stereocenters. The van der Waals surface area contributed by atoms with Crippen molar-refractivity contribution in [1.29, 1.82) is 0 Å². The topological polar surface area (TPSA) is 139 Å². The quantitative estimate of drug-likeness (QED) is 0.123. The van der Waals surface area contributed by atoms with Crippen LogP contribution in [0.4, 0.5) is 0 Å². The number of nitrogens with two attached hydrogens (primary N) is 1. The Morgan fingerprint density at radius 2 is 1.61 bits per heavy atom. The number of esters is 1. The molecule has 0 radical (unpaired) electrons. The average Bonchev–Trinajstić information content (AvgIpc) is 3.18. The molecule has 0 aliphatic heterocycles. The Morgan fingerprint density at radius 1 is 1.11 bits per heavy atom. The fourth-order valence-corrected chi connectivity index (χ4v) is 2.43. The Labute approximate surface area is 219 Å². The van der Waals surface area contributed by atoms with Crippen LogP contribution in [0.15, 0.2) is 71.7 Å². The van der Waals surface area contributed by atoms with Crippen molar-refractivity contribution in [3.63, 3.8) is 0 Å². The van der Waals surface area contributed by atoms with E-state index in [1.165, 1.54) is 12.5 Å². The van der Waals surface area contributed by atoms with Gasteiger partial charge in [0.25, 0.3) is 5.56 Å². The number of aliphatic hydroxyl groups excluding tert-OH is 1. The largest absolute Gasteiger partial charge is 0.465 e. The lowest BCUT2D eigenvalue weighted by molar-refractivity contribution is -0.148. The summed E-state index contributed by atoms with van der Waals surface area (Å²) in [7, 11) is 0. The van der Waals surface area contributed by atoms with Gasteiger partial charge in [-0.15, -0.1) is 12.4 Å². The van der Waals surface area contributed by atoms with Crippen LogP contribution in [-0.4, -0.2) is 40.4 Å². The summed E-state index contributed by atoms with van der Waals surface area (Å²) in [5.74, 6) is 4.04. The van der Waals surface area contributed by atoms with E-state index in [0.29, 0.717) is 19.4 Å². The van der Waals surface area contributed by atoms with E-state index >= 15 is 0 Å². The van der Waals surface area contributed by atoms with Crippen LogP contribution < -0.4 is 16.8 Å². The number of aromatic nitrogens is 2. The molecule has 3 rings (SSSR count). The summed E-state index contributed by atoms with van der Waals surface area (Å²) < 4.78 is 6.13. The van der Waals surface area contributed by atoms with Crippen molar-refractivity contribution in [2.24, 2.45) is 11.8 Å². The number of hydrogen-bond acceptors (Lipinski definition) is 7. The van der Waals surface area contributed by atoms with Crippen molar-refractivity contribution in [2.75, 3.05) is 13.2 Å². The molecule has 1 aromatic heterocycles. The van der Waals surface area contributed by atoms with Crippen LogP contribution in [0.25, 0.3) is 0 Å². The molecule has 0 spiro atoms. The molecule has 36 heavy (non-hydrogen) atoms. The van der Waals surface area contributed by atoms with Gasteiger partial charge in [0.2, 0.25) is 0 Å².